The van der Waals surface area contributed by atoms with Gasteiger partial charge < -0.3 is 27.0 Å². The fourth-order valence-corrected chi connectivity index (χ4v) is 2.72. The number of piperazine rings is 1. The molecule has 6 N–H and O–H groups in total. The number of carbonyl (C=O) groups is 1. The second kappa shape index (κ2) is 7.19. The number of rotatable bonds is 2. The van der Waals surface area contributed by atoms with E-state index in [2.05, 4.69) is 14.9 Å². The molecule has 2 rings (SSSR count). The molecule has 1 heterocycles. The van der Waals surface area contributed by atoms with E-state index in [0.717, 1.165) is 5.69 Å². The largest absolute Gasteiger partial charge is 0.370 e. The van der Waals surface area contributed by atoms with Crippen LogP contribution in [0.15, 0.2) is 28.2 Å². The van der Waals surface area contributed by atoms with Gasteiger partial charge in [-0.15, -0.1) is 0 Å². The van der Waals surface area contributed by atoms with Crippen molar-refractivity contribution >= 4 is 40.8 Å². The first kappa shape index (κ1) is 16.9. The van der Waals surface area contributed by atoms with Crippen molar-refractivity contribution in [3.05, 3.63) is 23.2 Å². The topological polar surface area (TPSA) is 126 Å². The minimum atomic E-state index is -0.162. The second-order valence-electron chi connectivity index (χ2n) is 5.11. The number of nitrogens with two attached hydrogens (primary N) is 3. The standard InChI is InChI=1S/C14H20ClN7O/c1-9(23)21-5-7-22(8-6-21)12-10(15)3-2-4-11(12)19-14(18)20-13(16)17/h2-4H,5-8H2,1H3,(H6,16,17,18,19,20). The zero-order valence-corrected chi connectivity index (χ0v) is 13.6. The predicted molar refractivity (Wildman–Crippen MR) is 93.0 cm³/mol. The van der Waals surface area contributed by atoms with E-state index in [0.29, 0.717) is 36.9 Å². The molecule has 23 heavy (non-hydrogen) atoms. The van der Waals surface area contributed by atoms with Crippen LogP contribution in [-0.2, 0) is 4.79 Å². The summed E-state index contributed by atoms with van der Waals surface area (Å²) in [5.41, 5.74) is 17.6. The van der Waals surface area contributed by atoms with Crippen molar-refractivity contribution in [3.63, 3.8) is 0 Å². The number of guanidine groups is 2. The molecular formula is C14H20ClN7O. The number of benzene rings is 1. The second-order valence-corrected chi connectivity index (χ2v) is 5.51. The number of aliphatic imine (C=N–C) groups is 2. The van der Waals surface area contributed by atoms with Gasteiger partial charge in [0.25, 0.3) is 0 Å². The summed E-state index contributed by atoms with van der Waals surface area (Å²) in [6, 6.07) is 5.34. The number of halogens is 1. The number of nitrogens with zero attached hydrogens (tertiary/aromatic N) is 4. The number of carbonyl (C=O) groups excluding carboxylic acids is 1. The van der Waals surface area contributed by atoms with Crippen LogP contribution in [0.25, 0.3) is 0 Å². The molecule has 1 aromatic carbocycles. The molecule has 1 aliphatic rings. The fraction of sp³-hybridized carbons (Fsp3) is 0.357. The summed E-state index contributed by atoms with van der Waals surface area (Å²) >= 11 is 6.33. The van der Waals surface area contributed by atoms with Gasteiger partial charge in [0, 0.05) is 33.1 Å². The molecular weight excluding hydrogens is 318 g/mol. The first-order valence-electron chi connectivity index (χ1n) is 7.11. The van der Waals surface area contributed by atoms with E-state index in [-0.39, 0.29) is 17.8 Å². The zero-order valence-electron chi connectivity index (χ0n) is 12.9. The van der Waals surface area contributed by atoms with E-state index in [1.54, 1.807) is 30.0 Å². The molecule has 0 bridgehead atoms. The quantitative estimate of drug-likeness (QED) is 0.526. The van der Waals surface area contributed by atoms with Gasteiger partial charge in [-0.1, -0.05) is 17.7 Å². The lowest BCUT2D eigenvalue weighted by molar-refractivity contribution is -0.129. The summed E-state index contributed by atoms with van der Waals surface area (Å²) in [4.78, 5) is 23.2. The Morgan fingerprint density at radius 1 is 1.17 bits per heavy atom. The molecule has 0 saturated carbocycles. The Labute approximate surface area is 139 Å². The predicted octanol–water partition coefficient (Wildman–Crippen LogP) is 0.228. The average molecular weight is 338 g/mol. The Bertz CT molecular complexity index is 647. The molecule has 1 aromatic rings. The van der Waals surface area contributed by atoms with Gasteiger partial charge in [-0.05, 0) is 12.1 Å². The number of amides is 1. The van der Waals surface area contributed by atoms with Gasteiger partial charge in [0.2, 0.25) is 11.9 Å². The van der Waals surface area contributed by atoms with Crippen molar-refractivity contribution in [2.45, 2.75) is 6.92 Å². The van der Waals surface area contributed by atoms with Gasteiger partial charge >= 0.3 is 0 Å². The van der Waals surface area contributed by atoms with Gasteiger partial charge in [0.05, 0.1) is 16.4 Å². The van der Waals surface area contributed by atoms with E-state index in [4.69, 9.17) is 28.8 Å². The van der Waals surface area contributed by atoms with Crippen LogP contribution in [0.1, 0.15) is 6.92 Å². The van der Waals surface area contributed by atoms with Crippen molar-refractivity contribution in [1.29, 1.82) is 0 Å². The van der Waals surface area contributed by atoms with E-state index >= 15 is 0 Å². The van der Waals surface area contributed by atoms with Gasteiger partial charge in [-0.25, -0.2) is 4.99 Å². The Balaban J connectivity index is 2.29. The van der Waals surface area contributed by atoms with Crippen LogP contribution < -0.4 is 22.1 Å². The lowest BCUT2D eigenvalue weighted by Crippen LogP contribution is -2.48. The van der Waals surface area contributed by atoms with Crippen LogP contribution in [0.2, 0.25) is 5.02 Å². The third-order valence-corrected chi connectivity index (χ3v) is 3.79. The Hall–Kier alpha value is -2.48. The van der Waals surface area contributed by atoms with Crippen molar-refractivity contribution in [2.24, 2.45) is 27.2 Å². The van der Waals surface area contributed by atoms with E-state index in [1.807, 2.05) is 0 Å². The highest BCUT2D eigenvalue weighted by atomic mass is 35.5. The monoisotopic (exact) mass is 337 g/mol. The molecule has 0 aromatic heterocycles. The highest BCUT2D eigenvalue weighted by molar-refractivity contribution is 6.34. The fourth-order valence-electron chi connectivity index (χ4n) is 2.43. The van der Waals surface area contributed by atoms with Crippen LogP contribution in [0.5, 0.6) is 0 Å². The number of para-hydroxylation sites is 1. The van der Waals surface area contributed by atoms with Crippen molar-refractivity contribution in [3.8, 4) is 0 Å². The van der Waals surface area contributed by atoms with Gasteiger partial charge in [0.1, 0.15) is 0 Å². The van der Waals surface area contributed by atoms with Crippen molar-refractivity contribution < 1.29 is 4.79 Å². The number of anilines is 1. The lowest BCUT2D eigenvalue weighted by atomic mass is 10.2. The van der Waals surface area contributed by atoms with Crippen LogP contribution in [0, 0.1) is 0 Å². The smallest absolute Gasteiger partial charge is 0.223 e. The summed E-state index contributed by atoms with van der Waals surface area (Å²) in [7, 11) is 0. The molecule has 1 aliphatic heterocycles. The Morgan fingerprint density at radius 2 is 1.83 bits per heavy atom. The summed E-state index contributed by atoms with van der Waals surface area (Å²) in [5.74, 6) is -0.139. The minimum absolute atomic E-state index is 0.0455. The third kappa shape index (κ3) is 4.26. The zero-order chi connectivity index (χ0) is 17.0. The molecule has 1 saturated heterocycles. The van der Waals surface area contributed by atoms with E-state index in [1.165, 1.54) is 0 Å². The number of hydrogen-bond acceptors (Lipinski definition) is 3. The molecule has 0 radical (unpaired) electrons. The normalized spacial score (nSPS) is 15.5. The Kier molecular flexibility index (Phi) is 5.28. The Morgan fingerprint density at radius 3 is 2.39 bits per heavy atom. The molecule has 9 heteroatoms. The first-order valence-corrected chi connectivity index (χ1v) is 7.49. The van der Waals surface area contributed by atoms with Crippen LogP contribution >= 0.6 is 11.6 Å². The van der Waals surface area contributed by atoms with Crippen molar-refractivity contribution in [1.82, 2.24) is 4.90 Å². The summed E-state index contributed by atoms with van der Waals surface area (Å²) in [6.45, 7) is 4.15. The average Bonchev–Trinajstić information content (AvgIpc) is 2.46. The molecule has 1 amide bonds. The summed E-state index contributed by atoms with van der Waals surface area (Å²) < 4.78 is 0. The maximum atomic E-state index is 11.4. The van der Waals surface area contributed by atoms with Gasteiger partial charge in [0.15, 0.2) is 5.96 Å². The lowest BCUT2D eigenvalue weighted by Gasteiger charge is -2.36. The first-order chi connectivity index (χ1) is 10.9. The molecule has 0 spiro atoms. The third-order valence-electron chi connectivity index (χ3n) is 3.49. The molecule has 0 atom stereocenters. The SMILES string of the molecule is CC(=O)N1CCN(c2c(Cl)cccc2N=C(N)N=C(N)N)CC1. The maximum absolute atomic E-state index is 11.4. The minimum Gasteiger partial charge on any atom is -0.370 e. The van der Waals surface area contributed by atoms with Crippen LogP contribution in [-0.4, -0.2) is 48.9 Å². The van der Waals surface area contributed by atoms with Crippen LogP contribution in [0.3, 0.4) is 0 Å². The molecule has 124 valence electrons. The van der Waals surface area contributed by atoms with Crippen LogP contribution in [0.4, 0.5) is 11.4 Å². The molecule has 0 unspecified atom stereocenters. The van der Waals surface area contributed by atoms with E-state index in [9.17, 15) is 4.79 Å². The maximum Gasteiger partial charge on any atom is 0.223 e. The molecule has 1 fully saturated rings. The molecule has 0 aliphatic carbocycles. The number of hydrogen-bond donors (Lipinski definition) is 3. The summed E-state index contributed by atoms with van der Waals surface area (Å²) in [5, 5.41) is 0.556. The summed E-state index contributed by atoms with van der Waals surface area (Å²) in [6.07, 6.45) is 0. The highest BCUT2D eigenvalue weighted by Gasteiger charge is 2.22. The molecule has 8 nitrogen and oxygen atoms in total. The van der Waals surface area contributed by atoms with E-state index < -0.39 is 0 Å². The van der Waals surface area contributed by atoms with Gasteiger partial charge in [-0.2, -0.15) is 4.99 Å². The highest BCUT2D eigenvalue weighted by Crippen LogP contribution is 2.36. The van der Waals surface area contributed by atoms with Gasteiger partial charge in [-0.3, -0.25) is 4.79 Å². The van der Waals surface area contributed by atoms with Crippen molar-refractivity contribution in [2.75, 3.05) is 31.1 Å².